The molecular weight excluding hydrogens is 593 g/mol. The van der Waals surface area contributed by atoms with Crippen molar-refractivity contribution < 1.29 is 0 Å². The molecule has 1 heterocycles. The molecule has 6 aromatic rings. The van der Waals surface area contributed by atoms with Crippen molar-refractivity contribution in [3.8, 4) is 44.9 Å². The van der Waals surface area contributed by atoms with E-state index in [9.17, 15) is 0 Å². The monoisotopic (exact) mass is 628 g/mol. The van der Waals surface area contributed by atoms with Crippen LogP contribution in [0.2, 0.25) is 0 Å². The maximum absolute atomic E-state index is 5.15. The summed E-state index contributed by atoms with van der Waals surface area (Å²) < 4.78 is 0. The Labute approximate surface area is 288 Å². The van der Waals surface area contributed by atoms with E-state index in [1.165, 1.54) is 44.5 Å². The number of allylic oxidation sites excluding steroid dienone is 8. The molecule has 234 valence electrons. The van der Waals surface area contributed by atoms with Gasteiger partial charge < -0.3 is 0 Å². The Kier molecular flexibility index (Phi) is 7.35. The molecule has 9 rings (SSSR count). The van der Waals surface area contributed by atoms with Gasteiger partial charge in [0.15, 0.2) is 5.82 Å². The van der Waals surface area contributed by atoms with Gasteiger partial charge in [-0.15, -0.1) is 0 Å². The maximum Gasteiger partial charge on any atom is 0.160 e. The summed E-state index contributed by atoms with van der Waals surface area (Å²) in [6, 6.07) is 48.2. The van der Waals surface area contributed by atoms with E-state index in [1.54, 1.807) is 0 Å². The van der Waals surface area contributed by atoms with Crippen LogP contribution in [-0.4, -0.2) is 9.97 Å². The summed E-state index contributed by atoms with van der Waals surface area (Å²) in [5, 5.41) is 0. The zero-order valence-electron chi connectivity index (χ0n) is 27.5. The molecule has 1 aromatic heterocycles. The largest absolute Gasteiger partial charge is 0.232 e. The quantitative estimate of drug-likeness (QED) is 0.190. The lowest BCUT2D eigenvalue weighted by Gasteiger charge is -2.38. The highest BCUT2D eigenvalue weighted by atomic mass is 14.9. The van der Waals surface area contributed by atoms with E-state index in [2.05, 4.69) is 171 Å². The smallest absolute Gasteiger partial charge is 0.160 e. The van der Waals surface area contributed by atoms with E-state index in [4.69, 9.17) is 9.97 Å². The molecule has 0 amide bonds. The zero-order chi connectivity index (χ0) is 32.7. The van der Waals surface area contributed by atoms with Crippen LogP contribution in [0.1, 0.15) is 47.6 Å². The first-order valence-corrected chi connectivity index (χ1v) is 17.3. The van der Waals surface area contributed by atoms with Crippen molar-refractivity contribution in [1.29, 1.82) is 0 Å². The number of nitrogens with zero attached hydrogens (tertiary/aromatic N) is 2. The van der Waals surface area contributed by atoms with Gasteiger partial charge in [-0.3, -0.25) is 0 Å². The fraction of sp³-hybridized carbons (Fsp3) is 0.106. The van der Waals surface area contributed by atoms with Crippen molar-refractivity contribution >= 4 is 11.1 Å². The fourth-order valence-corrected chi connectivity index (χ4v) is 7.98. The lowest BCUT2D eigenvalue weighted by molar-refractivity contribution is 0.666. The van der Waals surface area contributed by atoms with Crippen molar-refractivity contribution in [1.82, 2.24) is 9.97 Å². The highest BCUT2D eigenvalue weighted by molar-refractivity contribution is 5.95. The molecule has 3 aliphatic carbocycles. The van der Waals surface area contributed by atoms with E-state index >= 15 is 0 Å². The minimum atomic E-state index is 0.235. The third-order valence-corrected chi connectivity index (χ3v) is 10.4. The van der Waals surface area contributed by atoms with Gasteiger partial charge in [0.1, 0.15) is 0 Å². The number of rotatable bonds is 5. The topological polar surface area (TPSA) is 25.8 Å². The van der Waals surface area contributed by atoms with Crippen molar-refractivity contribution in [2.75, 3.05) is 0 Å². The summed E-state index contributed by atoms with van der Waals surface area (Å²) in [6.45, 7) is 2.40. The second-order valence-corrected chi connectivity index (χ2v) is 13.3. The van der Waals surface area contributed by atoms with E-state index in [0.29, 0.717) is 11.8 Å². The average Bonchev–Trinajstić information content (AvgIpc) is 3.18. The first-order chi connectivity index (χ1) is 24.2. The highest BCUT2D eigenvalue weighted by Gasteiger charge is 2.35. The molecule has 3 aliphatic rings. The summed E-state index contributed by atoms with van der Waals surface area (Å²) in [7, 11) is 0. The first kappa shape index (κ1) is 29.3. The second kappa shape index (κ2) is 12.3. The molecule has 0 aliphatic heterocycles. The van der Waals surface area contributed by atoms with Crippen LogP contribution in [0.15, 0.2) is 170 Å². The van der Waals surface area contributed by atoms with Crippen LogP contribution in [0, 0.1) is 5.92 Å². The normalized spacial score (nSPS) is 18.9. The fourth-order valence-electron chi connectivity index (χ4n) is 7.98. The zero-order valence-corrected chi connectivity index (χ0v) is 27.5. The third kappa shape index (κ3) is 5.30. The standard InChI is InChI=1S/C47H36N2/c1-31-38(26-27-43-41-24-9-8-22-39(41)40-23-10-11-25-42(40)46(31)43)36-20-12-18-34(28-36)35-19-13-21-37(29-35)47-48-44(32-14-4-2-5-15-32)30-45(49-47)33-16-6-3-7-17-33/h2-16,18-31,33,46H,17H2,1H3. The van der Waals surface area contributed by atoms with Gasteiger partial charge in [0.05, 0.1) is 11.4 Å². The van der Waals surface area contributed by atoms with E-state index < -0.39 is 0 Å². The average molecular weight is 629 g/mol. The summed E-state index contributed by atoms with van der Waals surface area (Å²) in [5.41, 5.74) is 16.0. The summed E-state index contributed by atoms with van der Waals surface area (Å²) in [6.07, 6.45) is 14.4. The molecule has 0 saturated carbocycles. The Balaban J connectivity index is 1.09. The number of aromatic nitrogens is 2. The number of hydrogen-bond donors (Lipinski definition) is 0. The summed E-state index contributed by atoms with van der Waals surface area (Å²) in [4.78, 5) is 10.3. The van der Waals surface area contributed by atoms with Crippen molar-refractivity contribution in [3.05, 3.63) is 192 Å². The second-order valence-electron chi connectivity index (χ2n) is 13.3. The van der Waals surface area contributed by atoms with Crippen LogP contribution in [0.3, 0.4) is 0 Å². The first-order valence-electron chi connectivity index (χ1n) is 17.3. The molecule has 3 unspecified atom stereocenters. The minimum absolute atomic E-state index is 0.235. The Hall–Kier alpha value is -5.86. The third-order valence-electron chi connectivity index (χ3n) is 10.4. The predicted octanol–water partition coefficient (Wildman–Crippen LogP) is 12.0. The molecule has 5 aromatic carbocycles. The molecule has 49 heavy (non-hydrogen) atoms. The Morgan fingerprint density at radius 3 is 1.98 bits per heavy atom. The molecule has 0 spiro atoms. The summed E-state index contributed by atoms with van der Waals surface area (Å²) >= 11 is 0. The van der Waals surface area contributed by atoms with Gasteiger partial charge >= 0.3 is 0 Å². The molecule has 0 N–H and O–H groups in total. The molecule has 2 nitrogen and oxygen atoms in total. The van der Waals surface area contributed by atoms with E-state index in [-0.39, 0.29) is 5.92 Å². The highest BCUT2D eigenvalue weighted by Crippen LogP contribution is 2.54. The number of benzene rings is 5. The van der Waals surface area contributed by atoms with E-state index in [0.717, 1.165) is 40.3 Å². The SMILES string of the molecule is CC1C(c2cccc(-c3cccc(-c4nc(-c5ccccc5)cc(C5C=CC=CC5)n4)c3)c2)=CC=C2c3ccccc3-c3ccccc3C21. The minimum Gasteiger partial charge on any atom is -0.232 e. The molecule has 0 bridgehead atoms. The summed E-state index contributed by atoms with van der Waals surface area (Å²) in [5.74, 6) is 1.64. The van der Waals surface area contributed by atoms with Crippen LogP contribution >= 0.6 is 0 Å². The van der Waals surface area contributed by atoms with Gasteiger partial charge in [0.2, 0.25) is 0 Å². The van der Waals surface area contributed by atoms with Crippen LogP contribution in [0.5, 0.6) is 0 Å². The van der Waals surface area contributed by atoms with Crippen LogP contribution < -0.4 is 0 Å². The molecule has 3 atom stereocenters. The number of hydrogen-bond acceptors (Lipinski definition) is 2. The maximum atomic E-state index is 5.15. The number of fused-ring (bicyclic) bond motifs is 6. The predicted molar refractivity (Wildman–Crippen MR) is 204 cm³/mol. The van der Waals surface area contributed by atoms with Gasteiger partial charge in [0.25, 0.3) is 0 Å². The molecule has 0 fully saturated rings. The lowest BCUT2D eigenvalue weighted by atomic mass is 9.66. The van der Waals surface area contributed by atoms with Gasteiger partial charge in [-0.25, -0.2) is 9.97 Å². The van der Waals surface area contributed by atoms with E-state index in [1.807, 2.05) is 6.07 Å². The van der Waals surface area contributed by atoms with Gasteiger partial charge in [0, 0.05) is 23.0 Å². The van der Waals surface area contributed by atoms with Crippen molar-refractivity contribution in [2.45, 2.75) is 25.2 Å². The van der Waals surface area contributed by atoms with Crippen LogP contribution in [-0.2, 0) is 0 Å². The van der Waals surface area contributed by atoms with Crippen molar-refractivity contribution in [3.63, 3.8) is 0 Å². The Bertz CT molecular complexity index is 2340. The van der Waals surface area contributed by atoms with Gasteiger partial charge in [-0.1, -0.05) is 159 Å². The van der Waals surface area contributed by atoms with Crippen LogP contribution in [0.25, 0.3) is 56.0 Å². The van der Waals surface area contributed by atoms with Gasteiger partial charge in [-0.2, -0.15) is 0 Å². The molecular formula is C47H36N2. The lowest BCUT2D eigenvalue weighted by Crippen LogP contribution is -2.20. The molecule has 0 radical (unpaired) electrons. The Morgan fingerprint density at radius 2 is 1.18 bits per heavy atom. The van der Waals surface area contributed by atoms with Crippen LogP contribution in [0.4, 0.5) is 0 Å². The Morgan fingerprint density at radius 1 is 0.531 bits per heavy atom. The molecule has 0 saturated heterocycles. The van der Waals surface area contributed by atoms with Gasteiger partial charge in [-0.05, 0) is 80.6 Å². The van der Waals surface area contributed by atoms with Crippen molar-refractivity contribution in [2.24, 2.45) is 5.92 Å². The molecule has 2 heteroatoms.